The van der Waals surface area contributed by atoms with Gasteiger partial charge in [-0.1, -0.05) is 12.1 Å². The fraction of sp³-hybridized carbons (Fsp3) is 0.280. The predicted octanol–water partition coefficient (Wildman–Crippen LogP) is 4.09. The van der Waals surface area contributed by atoms with E-state index in [0.717, 1.165) is 18.4 Å². The topological polar surface area (TPSA) is 84.4 Å². The summed E-state index contributed by atoms with van der Waals surface area (Å²) in [4.78, 5) is 36.4. The van der Waals surface area contributed by atoms with E-state index in [1.54, 1.807) is 14.0 Å². The van der Waals surface area contributed by atoms with E-state index in [0.29, 0.717) is 35.1 Å². The Bertz CT molecular complexity index is 1170. The minimum Gasteiger partial charge on any atom is -0.497 e. The Morgan fingerprint density at radius 2 is 2.00 bits per heavy atom. The summed E-state index contributed by atoms with van der Waals surface area (Å²) in [5, 5.41) is 2.72. The van der Waals surface area contributed by atoms with Crippen molar-refractivity contribution >= 4 is 17.5 Å². The Morgan fingerprint density at radius 1 is 1.21 bits per heavy atom. The largest absolute Gasteiger partial charge is 0.497 e. The Balaban J connectivity index is 1.47. The maximum absolute atomic E-state index is 13.1. The number of nitrogens with zero attached hydrogens (tertiary/aromatic N) is 3. The van der Waals surface area contributed by atoms with Crippen molar-refractivity contribution in [3.8, 4) is 5.75 Å². The molecule has 1 fully saturated rings. The summed E-state index contributed by atoms with van der Waals surface area (Å²) in [6, 6.07) is 12.8. The standard InChI is InChI=1S/C25H25FN4O3/c1-16-21(25(32)29-19-10-8-18(26)9-11-19)15-27-24(28-16)22-7-4-12-30(22)23(31)14-17-5-3-6-20(13-17)33-2/h3,5-6,8-11,13,15,22H,4,7,12,14H2,1-2H3,(H,29,32)/t22-/m0/s1. The molecule has 1 atom stereocenters. The fourth-order valence-electron chi connectivity index (χ4n) is 3.99. The quantitative estimate of drug-likeness (QED) is 0.614. The molecule has 0 spiro atoms. The number of carbonyl (C=O) groups excluding carboxylic acids is 2. The number of halogens is 1. The summed E-state index contributed by atoms with van der Waals surface area (Å²) in [6.45, 7) is 2.38. The van der Waals surface area contributed by atoms with Crippen molar-refractivity contribution in [2.75, 3.05) is 19.0 Å². The van der Waals surface area contributed by atoms with E-state index >= 15 is 0 Å². The van der Waals surface area contributed by atoms with Gasteiger partial charge in [0.1, 0.15) is 11.6 Å². The Kier molecular flexibility index (Phi) is 6.63. The lowest BCUT2D eigenvalue weighted by Crippen LogP contribution is -2.33. The molecule has 1 saturated heterocycles. The summed E-state index contributed by atoms with van der Waals surface area (Å²) in [7, 11) is 1.60. The molecule has 8 heteroatoms. The van der Waals surface area contributed by atoms with E-state index in [1.807, 2.05) is 29.2 Å². The van der Waals surface area contributed by atoms with Gasteiger partial charge in [0, 0.05) is 18.4 Å². The molecule has 0 saturated carbocycles. The number of likely N-dealkylation sites (tertiary alicyclic amines) is 1. The molecule has 2 aromatic carbocycles. The van der Waals surface area contributed by atoms with E-state index < -0.39 is 0 Å². The second-order valence-electron chi connectivity index (χ2n) is 7.96. The summed E-state index contributed by atoms with van der Waals surface area (Å²) in [6.07, 6.45) is 3.39. The average molecular weight is 448 g/mol. The van der Waals surface area contributed by atoms with Crippen LogP contribution in [0.5, 0.6) is 5.75 Å². The van der Waals surface area contributed by atoms with Crippen LogP contribution in [0.3, 0.4) is 0 Å². The van der Waals surface area contributed by atoms with Crippen LogP contribution in [0.2, 0.25) is 0 Å². The van der Waals surface area contributed by atoms with Gasteiger partial charge in [0.25, 0.3) is 5.91 Å². The SMILES string of the molecule is COc1cccc(CC(=O)N2CCC[C@H]2c2ncc(C(=O)Nc3ccc(F)cc3)c(C)n2)c1. The Morgan fingerprint density at radius 3 is 2.73 bits per heavy atom. The van der Waals surface area contributed by atoms with E-state index in [-0.39, 0.29) is 30.1 Å². The molecule has 0 bridgehead atoms. The van der Waals surface area contributed by atoms with Crippen LogP contribution >= 0.6 is 0 Å². The van der Waals surface area contributed by atoms with Gasteiger partial charge in [-0.3, -0.25) is 9.59 Å². The molecule has 170 valence electrons. The first kappa shape index (κ1) is 22.4. The number of ether oxygens (including phenoxy) is 1. The van der Waals surface area contributed by atoms with Gasteiger partial charge in [0.15, 0.2) is 5.82 Å². The van der Waals surface area contributed by atoms with Crippen LogP contribution in [0.4, 0.5) is 10.1 Å². The molecule has 33 heavy (non-hydrogen) atoms. The molecule has 0 unspecified atom stereocenters. The summed E-state index contributed by atoms with van der Waals surface area (Å²) < 4.78 is 18.3. The van der Waals surface area contributed by atoms with Crippen molar-refractivity contribution in [3.63, 3.8) is 0 Å². The molecule has 1 aliphatic rings. The molecular weight excluding hydrogens is 423 g/mol. The van der Waals surface area contributed by atoms with Gasteiger partial charge in [0.05, 0.1) is 30.8 Å². The lowest BCUT2D eigenvalue weighted by Gasteiger charge is -2.24. The first-order chi connectivity index (χ1) is 15.9. The van der Waals surface area contributed by atoms with E-state index in [9.17, 15) is 14.0 Å². The van der Waals surface area contributed by atoms with E-state index in [2.05, 4.69) is 15.3 Å². The zero-order valence-electron chi connectivity index (χ0n) is 18.5. The van der Waals surface area contributed by atoms with Crippen LogP contribution in [0.25, 0.3) is 0 Å². The molecule has 2 heterocycles. The highest BCUT2D eigenvalue weighted by Crippen LogP contribution is 2.31. The van der Waals surface area contributed by atoms with Gasteiger partial charge >= 0.3 is 0 Å². The van der Waals surface area contributed by atoms with Gasteiger partial charge in [0.2, 0.25) is 5.91 Å². The number of methoxy groups -OCH3 is 1. The van der Waals surface area contributed by atoms with Crippen molar-refractivity contribution in [2.24, 2.45) is 0 Å². The number of aromatic nitrogens is 2. The van der Waals surface area contributed by atoms with Crippen molar-refractivity contribution in [3.05, 3.63) is 83.2 Å². The highest BCUT2D eigenvalue weighted by atomic mass is 19.1. The Hall–Kier alpha value is -3.81. The van der Waals surface area contributed by atoms with E-state index in [1.165, 1.54) is 30.5 Å². The molecule has 1 aromatic heterocycles. The smallest absolute Gasteiger partial charge is 0.259 e. The fourth-order valence-corrected chi connectivity index (χ4v) is 3.99. The summed E-state index contributed by atoms with van der Waals surface area (Å²) in [5.41, 5.74) is 2.21. The minimum absolute atomic E-state index is 0.00476. The molecular formula is C25H25FN4O3. The summed E-state index contributed by atoms with van der Waals surface area (Å²) >= 11 is 0. The monoisotopic (exact) mass is 448 g/mol. The number of nitrogens with one attached hydrogen (secondary N) is 1. The number of hydrogen-bond acceptors (Lipinski definition) is 5. The van der Waals surface area contributed by atoms with Crippen molar-refractivity contribution in [1.29, 1.82) is 0 Å². The molecule has 7 nitrogen and oxygen atoms in total. The Labute approximate surface area is 191 Å². The zero-order chi connectivity index (χ0) is 23.4. The van der Waals surface area contributed by atoms with Crippen molar-refractivity contribution in [2.45, 2.75) is 32.2 Å². The molecule has 1 N–H and O–H groups in total. The number of rotatable bonds is 6. The van der Waals surface area contributed by atoms with Crippen LogP contribution in [0.1, 0.15) is 46.3 Å². The highest BCUT2D eigenvalue weighted by Gasteiger charge is 2.32. The van der Waals surface area contributed by atoms with Crippen molar-refractivity contribution in [1.82, 2.24) is 14.9 Å². The first-order valence-electron chi connectivity index (χ1n) is 10.8. The molecule has 3 aromatic rings. The van der Waals surface area contributed by atoms with Gasteiger partial charge in [-0.2, -0.15) is 0 Å². The summed E-state index contributed by atoms with van der Waals surface area (Å²) in [5.74, 6) is 0.501. The molecule has 1 aliphatic heterocycles. The lowest BCUT2D eigenvalue weighted by atomic mass is 10.1. The molecule has 0 aliphatic carbocycles. The number of hydrogen-bond donors (Lipinski definition) is 1. The normalized spacial score (nSPS) is 15.4. The minimum atomic E-state index is -0.376. The molecule has 2 amide bonds. The van der Waals surface area contributed by atoms with Crippen LogP contribution in [0.15, 0.2) is 54.7 Å². The number of amides is 2. The number of anilines is 1. The number of benzene rings is 2. The first-order valence-corrected chi connectivity index (χ1v) is 10.8. The van der Waals surface area contributed by atoms with Crippen LogP contribution in [-0.4, -0.2) is 40.3 Å². The van der Waals surface area contributed by atoms with Gasteiger partial charge in [-0.15, -0.1) is 0 Å². The van der Waals surface area contributed by atoms with Gasteiger partial charge in [-0.05, 0) is 61.7 Å². The third-order valence-electron chi connectivity index (χ3n) is 5.71. The predicted molar refractivity (Wildman–Crippen MR) is 122 cm³/mol. The molecule has 4 rings (SSSR count). The maximum atomic E-state index is 13.1. The number of aryl methyl sites for hydroxylation is 1. The second-order valence-corrected chi connectivity index (χ2v) is 7.96. The van der Waals surface area contributed by atoms with Gasteiger partial charge < -0.3 is 15.0 Å². The number of carbonyl (C=O) groups is 2. The zero-order valence-corrected chi connectivity index (χ0v) is 18.5. The highest BCUT2D eigenvalue weighted by molar-refractivity contribution is 6.04. The second kappa shape index (κ2) is 9.77. The third kappa shape index (κ3) is 5.16. The van der Waals surface area contributed by atoms with E-state index in [4.69, 9.17) is 4.74 Å². The van der Waals surface area contributed by atoms with Crippen molar-refractivity contribution < 1.29 is 18.7 Å². The average Bonchev–Trinajstić information content (AvgIpc) is 3.31. The lowest BCUT2D eigenvalue weighted by molar-refractivity contribution is -0.131. The maximum Gasteiger partial charge on any atom is 0.259 e. The third-order valence-corrected chi connectivity index (χ3v) is 5.71. The van der Waals surface area contributed by atoms with Crippen LogP contribution in [-0.2, 0) is 11.2 Å². The van der Waals surface area contributed by atoms with Crippen LogP contribution in [0, 0.1) is 12.7 Å². The molecule has 0 radical (unpaired) electrons. The van der Waals surface area contributed by atoms with Gasteiger partial charge in [-0.25, -0.2) is 14.4 Å². The van der Waals surface area contributed by atoms with Crippen LogP contribution < -0.4 is 10.1 Å².